The molecule has 0 radical (unpaired) electrons. The molecule has 25 heavy (non-hydrogen) atoms. The maximum Gasteiger partial charge on any atom is 0.390 e. The normalized spacial score (nSPS) is 17.0. The summed E-state index contributed by atoms with van der Waals surface area (Å²) in [4.78, 5) is 8.45. The van der Waals surface area contributed by atoms with Crippen LogP contribution >= 0.6 is 11.6 Å². The minimum atomic E-state index is -4.17. The van der Waals surface area contributed by atoms with Crippen molar-refractivity contribution >= 4 is 17.6 Å². The number of guanidine groups is 1. The second kappa shape index (κ2) is 9.29. The smallest absolute Gasteiger partial charge is 0.357 e. The van der Waals surface area contributed by atoms with Crippen LogP contribution in [0.15, 0.2) is 29.3 Å². The highest BCUT2D eigenvalue weighted by Gasteiger charge is 2.26. The summed E-state index contributed by atoms with van der Waals surface area (Å²) in [5.41, 5.74) is 1.16. The Kier molecular flexibility index (Phi) is 7.38. The van der Waals surface area contributed by atoms with Gasteiger partial charge in [-0.05, 0) is 24.6 Å². The van der Waals surface area contributed by atoms with E-state index in [0.717, 1.165) is 43.3 Å². The average Bonchev–Trinajstić information content (AvgIpc) is 2.54. The van der Waals surface area contributed by atoms with Gasteiger partial charge in [0.05, 0.1) is 13.0 Å². The Bertz CT molecular complexity index is 569. The zero-order chi connectivity index (χ0) is 18.3. The summed E-state index contributed by atoms with van der Waals surface area (Å²) in [6, 6.07) is 7.78. The molecule has 8 heteroatoms. The lowest BCUT2D eigenvalue weighted by atomic mass is 10.2. The first-order valence-electron chi connectivity index (χ1n) is 8.44. The molecule has 2 rings (SSSR count). The predicted molar refractivity (Wildman–Crippen MR) is 95.0 cm³/mol. The molecular formula is C17H24ClF3N4. The van der Waals surface area contributed by atoms with E-state index in [9.17, 15) is 13.2 Å². The number of benzene rings is 1. The van der Waals surface area contributed by atoms with Crippen molar-refractivity contribution < 1.29 is 13.2 Å². The Labute approximate surface area is 151 Å². The fraction of sp³-hybridized carbons (Fsp3) is 0.588. The van der Waals surface area contributed by atoms with Crippen molar-refractivity contribution in [3.8, 4) is 0 Å². The predicted octanol–water partition coefficient (Wildman–Crippen LogP) is 3.38. The number of piperazine rings is 1. The summed E-state index contributed by atoms with van der Waals surface area (Å²) in [5, 5.41) is 3.81. The molecule has 0 unspecified atom stereocenters. The highest BCUT2D eigenvalue weighted by Crippen LogP contribution is 2.19. The van der Waals surface area contributed by atoms with E-state index in [1.165, 1.54) is 0 Å². The molecule has 1 saturated heterocycles. The summed E-state index contributed by atoms with van der Waals surface area (Å²) >= 11 is 6.01. The van der Waals surface area contributed by atoms with E-state index in [-0.39, 0.29) is 6.54 Å². The van der Waals surface area contributed by atoms with Crippen LogP contribution in [0.4, 0.5) is 13.2 Å². The largest absolute Gasteiger partial charge is 0.390 e. The topological polar surface area (TPSA) is 30.9 Å². The highest BCUT2D eigenvalue weighted by molar-refractivity contribution is 6.30. The van der Waals surface area contributed by atoms with Crippen molar-refractivity contribution in [1.29, 1.82) is 0 Å². The van der Waals surface area contributed by atoms with Crippen LogP contribution in [0, 0.1) is 0 Å². The zero-order valence-corrected chi connectivity index (χ0v) is 15.1. The Morgan fingerprint density at radius 3 is 2.56 bits per heavy atom. The minimum Gasteiger partial charge on any atom is -0.357 e. The molecule has 140 valence electrons. The average molecular weight is 377 g/mol. The molecule has 1 heterocycles. The lowest BCUT2D eigenvalue weighted by molar-refractivity contribution is -0.132. The van der Waals surface area contributed by atoms with Crippen molar-refractivity contribution in [1.82, 2.24) is 15.1 Å². The lowest BCUT2D eigenvalue weighted by Crippen LogP contribution is -2.52. The SMILES string of the molecule is CCNC(=NCCC(F)(F)F)N1CCN(Cc2cccc(Cl)c2)CC1. The van der Waals surface area contributed by atoms with Crippen molar-refractivity contribution in [3.63, 3.8) is 0 Å². The third-order valence-corrected chi connectivity index (χ3v) is 4.19. The molecule has 0 saturated carbocycles. The number of rotatable bonds is 5. The molecule has 1 aromatic rings. The van der Waals surface area contributed by atoms with E-state index in [1.54, 1.807) is 0 Å². The fourth-order valence-corrected chi connectivity index (χ4v) is 2.94. The number of nitrogens with zero attached hydrogens (tertiary/aromatic N) is 3. The summed E-state index contributed by atoms with van der Waals surface area (Å²) in [7, 11) is 0. The van der Waals surface area contributed by atoms with Gasteiger partial charge in [0.15, 0.2) is 5.96 Å². The van der Waals surface area contributed by atoms with Crippen molar-refractivity contribution in [2.45, 2.75) is 26.1 Å². The third-order valence-electron chi connectivity index (χ3n) is 3.96. The van der Waals surface area contributed by atoms with Crippen LogP contribution in [0.3, 0.4) is 0 Å². The van der Waals surface area contributed by atoms with Crippen LogP contribution in [0.1, 0.15) is 18.9 Å². The number of halogens is 4. The molecule has 1 aliphatic rings. The molecule has 1 aliphatic heterocycles. The molecular weight excluding hydrogens is 353 g/mol. The van der Waals surface area contributed by atoms with Gasteiger partial charge in [-0.25, -0.2) is 0 Å². The van der Waals surface area contributed by atoms with Crippen LogP contribution in [-0.2, 0) is 6.54 Å². The highest BCUT2D eigenvalue weighted by atomic mass is 35.5. The van der Waals surface area contributed by atoms with Gasteiger partial charge in [-0.2, -0.15) is 13.2 Å². The maximum atomic E-state index is 12.3. The van der Waals surface area contributed by atoms with Gasteiger partial charge >= 0.3 is 6.18 Å². The standard InChI is InChI=1S/C17H24ClF3N4/c1-2-22-16(23-7-6-17(19,20)21)25-10-8-24(9-11-25)13-14-4-3-5-15(18)12-14/h3-5,12H,2,6-11,13H2,1H3,(H,22,23). The molecule has 0 spiro atoms. The lowest BCUT2D eigenvalue weighted by Gasteiger charge is -2.36. The molecule has 0 bridgehead atoms. The molecule has 4 nitrogen and oxygen atoms in total. The molecule has 1 fully saturated rings. The van der Waals surface area contributed by atoms with E-state index in [4.69, 9.17) is 11.6 Å². The number of alkyl halides is 3. The Balaban J connectivity index is 1.86. The first-order chi connectivity index (χ1) is 11.9. The monoisotopic (exact) mass is 376 g/mol. The Morgan fingerprint density at radius 1 is 1.24 bits per heavy atom. The van der Waals surface area contributed by atoms with E-state index in [0.29, 0.717) is 12.5 Å². The van der Waals surface area contributed by atoms with E-state index < -0.39 is 12.6 Å². The number of aliphatic imine (C=N–C) groups is 1. The molecule has 1 N–H and O–H groups in total. The van der Waals surface area contributed by atoms with Crippen LogP contribution in [0.2, 0.25) is 5.02 Å². The second-order valence-electron chi connectivity index (χ2n) is 5.99. The molecule has 1 aromatic carbocycles. The minimum absolute atomic E-state index is 0.242. The van der Waals surface area contributed by atoms with Gasteiger partial charge in [0, 0.05) is 44.3 Å². The second-order valence-corrected chi connectivity index (χ2v) is 6.43. The Morgan fingerprint density at radius 2 is 1.96 bits per heavy atom. The van der Waals surface area contributed by atoms with Gasteiger partial charge < -0.3 is 10.2 Å². The van der Waals surface area contributed by atoms with E-state index in [1.807, 2.05) is 36.1 Å². The summed E-state index contributed by atoms with van der Waals surface area (Å²) in [6.07, 6.45) is -5.06. The number of hydrogen-bond acceptors (Lipinski definition) is 2. The van der Waals surface area contributed by atoms with Gasteiger partial charge in [0.2, 0.25) is 0 Å². The maximum absolute atomic E-state index is 12.3. The zero-order valence-electron chi connectivity index (χ0n) is 14.3. The molecule has 0 amide bonds. The molecule has 0 atom stereocenters. The fourth-order valence-electron chi connectivity index (χ4n) is 2.73. The first kappa shape index (κ1) is 19.8. The van der Waals surface area contributed by atoms with Crippen LogP contribution in [-0.4, -0.2) is 61.2 Å². The summed E-state index contributed by atoms with van der Waals surface area (Å²) in [5.74, 6) is 0.564. The van der Waals surface area contributed by atoms with Gasteiger partial charge in [-0.1, -0.05) is 23.7 Å². The van der Waals surface area contributed by atoms with Gasteiger partial charge in [0.25, 0.3) is 0 Å². The van der Waals surface area contributed by atoms with Gasteiger partial charge in [-0.15, -0.1) is 0 Å². The van der Waals surface area contributed by atoms with Gasteiger partial charge in [-0.3, -0.25) is 9.89 Å². The Hall–Kier alpha value is -1.47. The van der Waals surface area contributed by atoms with E-state index in [2.05, 4.69) is 15.2 Å². The third kappa shape index (κ3) is 7.12. The van der Waals surface area contributed by atoms with Crippen molar-refractivity contribution in [3.05, 3.63) is 34.9 Å². The van der Waals surface area contributed by atoms with Crippen LogP contribution in [0.5, 0.6) is 0 Å². The summed E-state index contributed by atoms with van der Waals surface area (Å²) < 4.78 is 36.9. The molecule has 0 aliphatic carbocycles. The van der Waals surface area contributed by atoms with E-state index >= 15 is 0 Å². The van der Waals surface area contributed by atoms with Crippen LogP contribution in [0.25, 0.3) is 0 Å². The van der Waals surface area contributed by atoms with Crippen molar-refractivity contribution in [2.24, 2.45) is 4.99 Å². The first-order valence-corrected chi connectivity index (χ1v) is 8.82. The van der Waals surface area contributed by atoms with Crippen molar-refractivity contribution in [2.75, 3.05) is 39.3 Å². The summed E-state index contributed by atoms with van der Waals surface area (Å²) in [6.45, 7) is 6.25. The number of hydrogen-bond donors (Lipinski definition) is 1. The quantitative estimate of drug-likeness (QED) is 0.631. The van der Waals surface area contributed by atoms with Crippen LogP contribution < -0.4 is 5.32 Å². The molecule has 0 aromatic heterocycles. The van der Waals surface area contributed by atoms with Gasteiger partial charge in [0.1, 0.15) is 0 Å². The number of nitrogens with one attached hydrogen (secondary N) is 1.